The van der Waals surface area contributed by atoms with Crippen LogP contribution in [-0.4, -0.2) is 10.2 Å². The minimum Gasteiger partial charge on any atom is -0.319 e. The standard InChI is InChI=1S/C17H34N2S/c18-16-13-9-5-6-10-14-17(19,20-16)15-11-7-3-1-2-4-8-12-15/h15-16H,1-14,18-19H2. The topological polar surface area (TPSA) is 52.0 Å². The molecule has 4 N–H and O–H groups in total. The molecule has 0 aromatic rings. The molecule has 2 atom stereocenters. The third-order valence-electron chi connectivity index (χ3n) is 5.22. The molecule has 2 nitrogen and oxygen atoms in total. The first kappa shape index (κ1) is 16.6. The Bertz CT molecular complexity index is 262. The van der Waals surface area contributed by atoms with E-state index in [1.165, 1.54) is 83.5 Å². The Kier molecular flexibility index (Phi) is 7.20. The highest BCUT2D eigenvalue weighted by Crippen LogP contribution is 2.42. The fourth-order valence-corrected chi connectivity index (χ4v) is 5.46. The maximum atomic E-state index is 6.92. The van der Waals surface area contributed by atoms with Gasteiger partial charge in [-0.1, -0.05) is 64.2 Å². The second kappa shape index (κ2) is 8.65. The van der Waals surface area contributed by atoms with Crippen LogP contribution < -0.4 is 11.5 Å². The lowest BCUT2D eigenvalue weighted by atomic mass is 9.86. The van der Waals surface area contributed by atoms with E-state index in [-0.39, 0.29) is 10.2 Å². The Morgan fingerprint density at radius 3 is 1.85 bits per heavy atom. The largest absolute Gasteiger partial charge is 0.319 e. The second-order valence-corrected chi connectivity index (χ2v) is 8.56. The van der Waals surface area contributed by atoms with Crippen LogP contribution in [0.3, 0.4) is 0 Å². The van der Waals surface area contributed by atoms with E-state index in [1.54, 1.807) is 0 Å². The van der Waals surface area contributed by atoms with Gasteiger partial charge in [0, 0.05) is 0 Å². The van der Waals surface area contributed by atoms with E-state index in [1.807, 2.05) is 11.8 Å². The Balaban J connectivity index is 2.01. The molecule has 1 aliphatic heterocycles. The number of hydrogen-bond donors (Lipinski definition) is 2. The molecular formula is C17H34N2S. The predicted octanol–water partition coefficient (Wildman–Crippen LogP) is 4.76. The molecule has 20 heavy (non-hydrogen) atoms. The lowest BCUT2D eigenvalue weighted by Gasteiger charge is -2.39. The molecule has 0 bridgehead atoms. The van der Waals surface area contributed by atoms with Gasteiger partial charge in [0.25, 0.3) is 0 Å². The third-order valence-corrected chi connectivity index (χ3v) is 6.74. The number of nitrogens with two attached hydrogens (primary N) is 2. The summed E-state index contributed by atoms with van der Waals surface area (Å²) >= 11 is 1.92. The molecule has 1 heterocycles. The Hall–Kier alpha value is 0.270. The molecule has 2 fully saturated rings. The van der Waals surface area contributed by atoms with Crippen LogP contribution in [0.15, 0.2) is 0 Å². The molecule has 2 aliphatic rings. The molecule has 0 aromatic carbocycles. The SMILES string of the molecule is NC1CCCCCCC(N)(C2CCCCCCCC2)S1. The number of hydrogen-bond acceptors (Lipinski definition) is 3. The van der Waals surface area contributed by atoms with Crippen molar-refractivity contribution in [3.8, 4) is 0 Å². The summed E-state index contributed by atoms with van der Waals surface area (Å²) in [7, 11) is 0. The number of thioether (sulfide) groups is 1. The highest BCUT2D eigenvalue weighted by molar-refractivity contribution is 8.01. The van der Waals surface area contributed by atoms with Crippen molar-refractivity contribution >= 4 is 11.8 Å². The quantitative estimate of drug-likeness (QED) is 0.733. The van der Waals surface area contributed by atoms with E-state index in [2.05, 4.69) is 0 Å². The first-order chi connectivity index (χ1) is 9.71. The van der Waals surface area contributed by atoms with E-state index in [0.29, 0.717) is 5.92 Å². The van der Waals surface area contributed by atoms with Gasteiger partial charge in [-0.15, -0.1) is 11.8 Å². The second-order valence-electron chi connectivity index (χ2n) is 6.96. The van der Waals surface area contributed by atoms with Crippen LogP contribution in [0.4, 0.5) is 0 Å². The fraction of sp³-hybridized carbons (Fsp3) is 1.00. The van der Waals surface area contributed by atoms with Gasteiger partial charge in [-0.3, -0.25) is 0 Å². The predicted molar refractivity (Wildman–Crippen MR) is 90.6 cm³/mol. The van der Waals surface area contributed by atoms with Gasteiger partial charge >= 0.3 is 0 Å². The Morgan fingerprint density at radius 1 is 0.700 bits per heavy atom. The molecular weight excluding hydrogens is 264 g/mol. The average Bonchev–Trinajstić information content (AvgIpc) is 2.60. The monoisotopic (exact) mass is 298 g/mol. The fourth-order valence-electron chi connectivity index (χ4n) is 3.92. The summed E-state index contributed by atoms with van der Waals surface area (Å²) in [5.74, 6) is 0.690. The van der Waals surface area contributed by atoms with E-state index in [9.17, 15) is 0 Å². The van der Waals surface area contributed by atoms with Crippen molar-refractivity contribution in [1.82, 2.24) is 0 Å². The van der Waals surface area contributed by atoms with Crippen LogP contribution in [0.2, 0.25) is 0 Å². The maximum Gasteiger partial charge on any atom is 0.0664 e. The minimum atomic E-state index is -0.0475. The summed E-state index contributed by atoms with van der Waals surface area (Å²) in [6.45, 7) is 0. The number of rotatable bonds is 1. The molecule has 3 heteroatoms. The average molecular weight is 299 g/mol. The summed E-state index contributed by atoms with van der Waals surface area (Å²) in [5.41, 5.74) is 13.3. The molecule has 1 aliphatic carbocycles. The smallest absolute Gasteiger partial charge is 0.0664 e. The first-order valence-electron chi connectivity index (χ1n) is 8.93. The molecule has 0 amide bonds. The Labute approximate surface area is 129 Å². The highest BCUT2D eigenvalue weighted by atomic mass is 32.2. The van der Waals surface area contributed by atoms with Gasteiger partial charge < -0.3 is 11.5 Å². The van der Waals surface area contributed by atoms with Crippen LogP contribution in [0.25, 0.3) is 0 Å². The summed E-state index contributed by atoms with van der Waals surface area (Å²) < 4.78 is 0. The van der Waals surface area contributed by atoms with Crippen LogP contribution in [0, 0.1) is 5.92 Å². The van der Waals surface area contributed by atoms with Gasteiger partial charge in [-0.05, 0) is 31.6 Å². The van der Waals surface area contributed by atoms with E-state index in [0.717, 1.165) is 6.42 Å². The molecule has 1 saturated heterocycles. The normalized spacial score (nSPS) is 36.0. The molecule has 118 valence electrons. The summed E-state index contributed by atoms with van der Waals surface area (Å²) in [5, 5.41) is 0.255. The molecule has 0 spiro atoms. The van der Waals surface area contributed by atoms with E-state index < -0.39 is 0 Å². The lowest BCUT2D eigenvalue weighted by Crippen LogP contribution is -2.46. The Morgan fingerprint density at radius 2 is 1.20 bits per heavy atom. The van der Waals surface area contributed by atoms with Crippen molar-refractivity contribution < 1.29 is 0 Å². The molecule has 0 aromatic heterocycles. The van der Waals surface area contributed by atoms with E-state index in [4.69, 9.17) is 11.5 Å². The maximum absolute atomic E-state index is 6.92. The van der Waals surface area contributed by atoms with Crippen molar-refractivity contribution in [2.24, 2.45) is 17.4 Å². The minimum absolute atomic E-state index is 0.0475. The van der Waals surface area contributed by atoms with Gasteiger partial charge in [0.05, 0.1) is 10.2 Å². The van der Waals surface area contributed by atoms with Crippen LogP contribution in [-0.2, 0) is 0 Å². The summed E-state index contributed by atoms with van der Waals surface area (Å²) in [6, 6.07) is 0. The zero-order chi connectivity index (χ0) is 14.3. The van der Waals surface area contributed by atoms with Gasteiger partial charge in [0.1, 0.15) is 0 Å². The third kappa shape index (κ3) is 5.23. The lowest BCUT2D eigenvalue weighted by molar-refractivity contribution is 0.304. The highest BCUT2D eigenvalue weighted by Gasteiger charge is 2.36. The molecule has 1 saturated carbocycles. The van der Waals surface area contributed by atoms with Gasteiger partial charge in [0.15, 0.2) is 0 Å². The van der Waals surface area contributed by atoms with E-state index >= 15 is 0 Å². The van der Waals surface area contributed by atoms with Crippen molar-refractivity contribution in [3.05, 3.63) is 0 Å². The van der Waals surface area contributed by atoms with Gasteiger partial charge in [-0.2, -0.15) is 0 Å². The van der Waals surface area contributed by atoms with Gasteiger partial charge in [-0.25, -0.2) is 0 Å². The zero-order valence-corrected chi connectivity index (χ0v) is 13.9. The van der Waals surface area contributed by atoms with Crippen LogP contribution >= 0.6 is 11.8 Å². The van der Waals surface area contributed by atoms with Crippen LogP contribution in [0.1, 0.15) is 89.9 Å². The first-order valence-corrected chi connectivity index (χ1v) is 9.81. The van der Waals surface area contributed by atoms with Crippen molar-refractivity contribution in [2.45, 2.75) is 100 Å². The van der Waals surface area contributed by atoms with Crippen molar-refractivity contribution in [2.75, 3.05) is 0 Å². The summed E-state index contributed by atoms with van der Waals surface area (Å²) in [4.78, 5) is -0.0475. The zero-order valence-electron chi connectivity index (χ0n) is 13.1. The molecule has 2 rings (SSSR count). The van der Waals surface area contributed by atoms with Crippen molar-refractivity contribution in [3.63, 3.8) is 0 Å². The molecule has 2 unspecified atom stereocenters. The van der Waals surface area contributed by atoms with Gasteiger partial charge in [0.2, 0.25) is 0 Å². The molecule has 0 radical (unpaired) electrons. The van der Waals surface area contributed by atoms with Crippen LogP contribution in [0.5, 0.6) is 0 Å². The summed E-state index contributed by atoms with van der Waals surface area (Å²) in [6.07, 6.45) is 18.7. The van der Waals surface area contributed by atoms with Crippen molar-refractivity contribution in [1.29, 1.82) is 0 Å².